The molecule has 112 valence electrons. The van der Waals surface area contributed by atoms with Crippen molar-refractivity contribution in [3.63, 3.8) is 0 Å². The number of halogens is 1. The quantitative estimate of drug-likeness (QED) is 0.795. The molecule has 9 heteroatoms. The van der Waals surface area contributed by atoms with E-state index < -0.39 is 26.6 Å². The van der Waals surface area contributed by atoms with E-state index >= 15 is 0 Å². The molecule has 2 rings (SSSR count). The number of anilines is 1. The number of sulfonamides is 1. The summed E-state index contributed by atoms with van der Waals surface area (Å²) in [6, 6.07) is 4.64. The van der Waals surface area contributed by atoms with Gasteiger partial charge in [0.25, 0.3) is 10.0 Å². The lowest BCUT2D eigenvalue weighted by Crippen LogP contribution is -2.17. The van der Waals surface area contributed by atoms with Gasteiger partial charge in [0.2, 0.25) is 0 Å². The Morgan fingerprint density at radius 2 is 2.05 bits per heavy atom. The van der Waals surface area contributed by atoms with Gasteiger partial charge < -0.3 is 5.11 Å². The van der Waals surface area contributed by atoms with Crippen LogP contribution < -0.4 is 4.72 Å². The van der Waals surface area contributed by atoms with Crippen molar-refractivity contribution in [3.05, 3.63) is 40.2 Å². The van der Waals surface area contributed by atoms with Crippen LogP contribution in [0.1, 0.15) is 21.7 Å². The molecule has 0 spiro atoms. The molecular formula is C12H12ClN3O4S. The van der Waals surface area contributed by atoms with Gasteiger partial charge in [-0.2, -0.15) is 5.10 Å². The summed E-state index contributed by atoms with van der Waals surface area (Å²) in [5.41, 5.74) is 0.615. The maximum Gasteiger partial charge on any atom is 0.357 e. The van der Waals surface area contributed by atoms with Crippen molar-refractivity contribution >= 4 is 33.3 Å². The molecule has 3 N–H and O–H groups in total. The molecule has 21 heavy (non-hydrogen) atoms. The number of aromatic amines is 1. The summed E-state index contributed by atoms with van der Waals surface area (Å²) in [4.78, 5) is 10.6. The first kappa shape index (κ1) is 15.3. The zero-order valence-electron chi connectivity index (χ0n) is 11.1. The van der Waals surface area contributed by atoms with Crippen molar-refractivity contribution in [2.24, 2.45) is 0 Å². The number of nitrogens with zero attached hydrogens (tertiary/aromatic N) is 1. The number of aromatic carboxylic acids is 1. The van der Waals surface area contributed by atoms with Crippen LogP contribution in [0.5, 0.6) is 0 Å². The molecule has 1 heterocycles. The predicted octanol–water partition coefficient (Wildman–Crippen LogP) is 2.18. The van der Waals surface area contributed by atoms with Crippen LogP contribution in [0.2, 0.25) is 5.02 Å². The second-order valence-corrected chi connectivity index (χ2v) is 6.43. The highest BCUT2D eigenvalue weighted by Gasteiger charge is 2.28. The van der Waals surface area contributed by atoms with Crippen LogP contribution in [0.3, 0.4) is 0 Å². The third kappa shape index (κ3) is 3.01. The number of rotatable bonds is 4. The van der Waals surface area contributed by atoms with Crippen LogP contribution >= 0.6 is 11.6 Å². The topological polar surface area (TPSA) is 112 Å². The summed E-state index contributed by atoms with van der Waals surface area (Å²) >= 11 is 5.93. The van der Waals surface area contributed by atoms with E-state index in [4.69, 9.17) is 16.7 Å². The van der Waals surface area contributed by atoms with E-state index in [1.165, 1.54) is 19.1 Å². The molecule has 0 unspecified atom stereocenters. The molecule has 0 radical (unpaired) electrons. The van der Waals surface area contributed by atoms with Crippen LogP contribution in [0.25, 0.3) is 0 Å². The van der Waals surface area contributed by atoms with Gasteiger partial charge in [-0.15, -0.1) is 0 Å². The lowest BCUT2D eigenvalue weighted by Gasteiger charge is -2.09. The molecule has 7 nitrogen and oxygen atoms in total. The number of aromatic nitrogens is 2. The number of aryl methyl sites for hydroxylation is 2. The van der Waals surface area contributed by atoms with Gasteiger partial charge in [-0.05, 0) is 31.5 Å². The fourth-order valence-corrected chi connectivity index (χ4v) is 3.31. The van der Waals surface area contributed by atoms with Gasteiger partial charge in [0.1, 0.15) is 4.90 Å². The molecule has 0 aliphatic carbocycles. The molecule has 0 atom stereocenters. The number of carboxylic acid groups (broad SMARTS) is 1. The number of H-pyrrole nitrogens is 1. The van der Waals surface area contributed by atoms with E-state index in [0.29, 0.717) is 5.02 Å². The number of hydrogen-bond acceptors (Lipinski definition) is 4. The molecule has 0 saturated heterocycles. The highest BCUT2D eigenvalue weighted by atomic mass is 35.5. The minimum absolute atomic E-state index is 0.137. The van der Waals surface area contributed by atoms with Crippen molar-refractivity contribution in [3.8, 4) is 0 Å². The Balaban J connectivity index is 2.45. The molecule has 1 aromatic heterocycles. The second-order valence-electron chi connectivity index (χ2n) is 4.40. The Hall–Kier alpha value is -2.06. The van der Waals surface area contributed by atoms with E-state index in [2.05, 4.69) is 14.9 Å². The zero-order chi connectivity index (χ0) is 15.8. The number of nitrogens with one attached hydrogen (secondary N) is 2. The first-order chi connectivity index (χ1) is 9.72. The largest absolute Gasteiger partial charge is 0.476 e. The average molecular weight is 330 g/mol. The Bertz CT molecular complexity index is 814. The predicted molar refractivity (Wildman–Crippen MR) is 77.3 cm³/mol. The second kappa shape index (κ2) is 5.38. The van der Waals surface area contributed by atoms with E-state index in [0.717, 1.165) is 5.56 Å². The van der Waals surface area contributed by atoms with Crippen molar-refractivity contribution in [1.29, 1.82) is 0 Å². The molecule has 0 saturated carbocycles. The minimum atomic E-state index is -4.09. The van der Waals surface area contributed by atoms with Crippen molar-refractivity contribution in [2.45, 2.75) is 18.7 Å². The molecule has 2 aromatic rings. The lowest BCUT2D eigenvalue weighted by atomic mass is 10.2. The summed E-state index contributed by atoms with van der Waals surface area (Å²) in [5, 5.41) is 15.2. The maximum absolute atomic E-state index is 12.3. The first-order valence-electron chi connectivity index (χ1n) is 5.79. The smallest absolute Gasteiger partial charge is 0.357 e. The summed E-state index contributed by atoms with van der Waals surface area (Å²) in [6.07, 6.45) is 0. The molecule has 0 aliphatic rings. The Labute approximate surface area is 126 Å². The molecule has 0 aliphatic heterocycles. The Morgan fingerprint density at radius 1 is 1.38 bits per heavy atom. The Kier molecular flexibility index (Phi) is 3.93. The summed E-state index contributed by atoms with van der Waals surface area (Å²) in [7, 11) is -4.09. The highest BCUT2D eigenvalue weighted by Crippen LogP contribution is 2.24. The molecule has 1 aromatic carbocycles. The third-order valence-corrected chi connectivity index (χ3v) is 4.74. The van der Waals surface area contributed by atoms with Crippen LogP contribution in [0, 0.1) is 13.8 Å². The third-order valence-electron chi connectivity index (χ3n) is 2.79. The van der Waals surface area contributed by atoms with Crippen LogP contribution in [0.15, 0.2) is 23.1 Å². The van der Waals surface area contributed by atoms with Crippen LogP contribution in [-0.2, 0) is 10.0 Å². The van der Waals surface area contributed by atoms with Crippen molar-refractivity contribution < 1.29 is 18.3 Å². The molecule has 0 bridgehead atoms. The average Bonchev–Trinajstić information content (AvgIpc) is 2.76. The van der Waals surface area contributed by atoms with Gasteiger partial charge in [-0.1, -0.05) is 17.7 Å². The number of benzene rings is 1. The Morgan fingerprint density at radius 3 is 2.62 bits per heavy atom. The monoisotopic (exact) mass is 329 g/mol. The number of carboxylic acids is 1. The van der Waals surface area contributed by atoms with Gasteiger partial charge in [0.15, 0.2) is 5.69 Å². The fraction of sp³-hybridized carbons (Fsp3) is 0.167. The molecular weight excluding hydrogens is 318 g/mol. The van der Waals surface area contributed by atoms with Gasteiger partial charge in [-0.3, -0.25) is 9.82 Å². The summed E-state index contributed by atoms with van der Waals surface area (Å²) in [5.74, 6) is -1.43. The van der Waals surface area contributed by atoms with E-state index in [1.807, 2.05) is 0 Å². The van der Waals surface area contributed by atoms with Gasteiger partial charge in [0, 0.05) is 5.02 Å². The standard InChI is InChI=1S/C12H12ClN3O4S/c1-6-3-4-8(5-9(6)13)16-21(19,20)11-7(2)14-15-10(11)12(17)18/h3-5,16H,1-2H3,(H,14,15)(H,17,18). The molecule has 0 fully saturated rings. The van der Waals surface area contributed by atoms with Gasteiger partial charge >= 0.3 is 5.97 Å². The van der Waals surface area contributed by atoms with Gasteiger partial charge in [0.05, 0.1) is 11.4 Å². The number of hydrogen-bond donors (Lipinski definition) is 3. The van der Waals surface area contributed by atoms with E-state index in [-0.39, 0.29) is 11.4 Å². The molecule has 0 amide bonds. The van der Waals surface area contributed by atoms with Crippen LogP contribution in [0.4, 0.5) is 5.69 Å². The maximum atomic E-state index is 12.3. The minimum Gasteiger partial charge on any atom is -0.476 e. The van der Waals surface area contributed by atoms with E-state index in [1.54, 1.807) is 13.0 Å². The van der Waals surface area contributed by atoms with E-state index in [9.17, 15) is 13.2 Å². The summed E-state index contributed by atoms with van der Waals surface area (Å²) < 4.78 is 26.9. The SMILES string of the molecule is Cc1ccc(NS(=O)(=O)c2c(C(=O)O)n[nH]c2C)cc1Cl. The van der Waals surface area contributed by atoms with Crippen LogP contribution in [-0.4, -0.2) is 29.7 Å². The van der Waals surface area contributed by atoms with Crippen molar-refractivity contribution in [1.82, 2.24) is 10.2 Å². The van der Waals surface area contributed by atoms with Crippen molar-refractivity contribution in [2.75, 3.05) is 4.72 Å². The number of carbonyl (C=O) groups is 1. The highest BCUT2D eigenvalue weighted by molar-refractivity contribution is 7.92. The summed E-state index contributed by atoms with van der Waals surface area (Å²) in [6.45, 7) is 3.21. The fourth-order valence-electron chi connectivity index (χ4n) is 1.76. The first-order valence-corrected chi connectivity index (χ1v) is 7.65. The lowest BCUT2D eigenvalue weighted by molar-refractivity contribution is 0.0686. The van der Waals surface area contributed by atoms with Gasteiger partial charge in [-0.25, -0.2) is 13.2 Å². The zero-order valence-corrected chi connectivity index (χ0v) is 12.7. The normalized spacial score (nSPS) is 11.4.